The summed E-state index contributed by atoms with van der Waals surface area (Å²) in [5.41, 5.74) is 4.46. The van der Waals surface area contributed by atoms with Gasteiger partial charge in [-0.25, -0.2) is 0 Å². The number of nitrogens with one attached hydrogen (secondary N) is 1. The predicted octanol–water partition coefficient (Wildman–Crippen LogP) is 1.89. The highest BCUT2D eigenvalue weighted by atomic mass is 16.5. The van der Waals surface area contributed by atoms with Crippen molar-refractivity contribution in [1.82, 2.24) is 19.8 Å². The Morgan fingerprint density at radius 1 is 1.19 bits per heavy atom. The second-order valence-electron chi connectivity index (χ2n) is 4.35. The van der Waals surface area contributed by atoms with Crippen molar-refractivity contribution in [3.63, 3.8) is 0 Å². The normalized spacial score (nSPS) is 11.1. The zero-order valence-electron chi connectivity index (χ0n) is 11.7. The van der Waals surface area contributed by atoms with Gasteiger partial charge in [0.05, 0.1) is 13.3 Å². The van der Waals surface area contributed by atoms with E-state index in [1.807, 2.05) is 37.3 Å². The van der Waals surface area contributed by atoms with Crippen LogP contribution in [0.4, 0.5) is 5.82 Å². The number of rotatable bonds is 4. The fourth-order valence-corrected chi connectivity index (χ4v) is 1.90. The first kappa shape index (κ1) is 13.0. The van der Waals surface area contributed by atoms with Crippen molar-refractivity contribution >= 4 is 17.7 Å². The van der Waals surface area contributed by atoms with Gasteiger partial charge in [0.1, 0.15) is 5.75 Å². The van der Waals surface area contributed by atoms with Crippen LogP contribution < -0.4 is 10.2 Å². The first-order valence-electron chi connectivity index (χ1n) is 6.39. The number of fused-ring (bicyclic) bond motifs is 1. The second kappa shape index (κ2) is 5.58. The first-order chi connectivity index (χ1) is 10.3. The van der Waals surface area contributed by atoms with Gasteiger partial charge in [0.2, 0.25) is 0 Å². The largest absolute Gasteiger partial charge is 0.496 e. The molecule has 0 aliphatic carbocycles. The number of aromatic nitrogens is 4. The van der Waals surface area contributed by atoms with Crippen LogP contribution in [0.5, 0.6) is 5.75 Å². The molecular formula is C14H14N6O. The highest BCUT2D eigenvalue weighted by molar-refractivity contribution is 5.83. The third-order valence-electron chi connectivity index (χ3n) is 2.94. The van der Waals surface area contributed by atoms with Crippen molar-refractivity contribution in [2.24, 2.45) is 5.10 Å². The van der Waals surface area contributed by atoms with Gasteiger partial charge in [-0.05, 0) is 31.2 Å². The van der Waals surface area contributed by atoms with Crippen molar-refractivity contribution in [1.29, 1.82) is 0 Å². The minimum Gasteiger partial charge on any atom is -0.496 e. The minimum absolute atomic E-state index is 0.608. The number of para-hydroxylation sites is 1. The van der Waals surface area contributed by atoms with Crippen LogP contribution in [0, 0.1) is 6.92 Å². The Balaban J connectivity index is 1.79. The molecule has 0 unspecified atom stereocenters. The molecule has 0 bridgehead atoms. The van der Waals surface area contributed by atoms with Crippen LogP contribution in [0.3, 0.4) is 0 Å². The Kier molecular flexibility index (Phi) is 3.46. The molecule has 7 nitrogen and oxygen atoms in total. The van der Waals surface area contributed by atoms with Gasteiger partial charge in [-0.1, -0.05) is 12.1 Å². The molecule has 3 aromatic rings. The fraction of sp³-hybridized carbons (Fsp3) is 0.143. The zero-order chi connectivity index (χ0) is 14.7. The zero-order valence-corrected chi connectivity index (χ0v) is 11.7. The maximum Gasteiger partial charge on any atom is 0.178 e. The third-order valence-corrected chi connectivity index (χ3v) is 2.94. The Morgan fingerprint density at radius 2 is 2.05 bits per heavy atom. The number of hydrogen-bond donors (Lipinski definition) is 1. The van der Waals surface area contributed by atoms with Crippen LogP contribution in [0.2, 0.25) is 0 Å². The molecule has 0 saturated carbocycles. The molecule has 0 fully saturated rings. The van der Waals surface area contributed by atoms with Crippen LogP contribution >= 0.6 is 0 Å². The molecular weight excluding hydrogens is 268 g/mol. The van der Waals surface area contributed by atoms with Crippen molar-refractivity contribution in [2.75, 3.05) is 12.5 Å². The summed E-state index contributed by atoms with van der Waals surface area (Å²) in [6, 6.07) is 11.3. The lowest BCUT2D eigenvalue weighted by molar-refractivity contribution is 0.414. The molecule has 0 aliphatic heterocycles. The van der Waals surface area contributed by atoms with E-state index in [2.05, 4.69) is 25.8 Å². The monoisotopic (exact) mass is 282 g/mol. The molecule has 106 valence electrons. The summed E-state index contributed by atoms with van der Waals surface area (Å²) in [6.07, 6.45) is 1.68. The topological polar surface area (TPSA) is 76.7 Å². The molecule has 1 aromatic carbocycles. The number of aryl methyl sites for hydroxylation is 1. The van der Waals surface area contributed by atoms with Gasteiger partial charge < -0.3 is 4.74 Å². The summed E-state index contributed by atoms with van der Waals surface area (Å²) >= 11 is 0. The maximum atomic E-state index is 5.26. The molecule has 0 amide bonds. The number of methoxy groups -OCH3 is 1. The molecule has 3 rings (SSSR count). The molecule has 2 aromatic heterocycles. The van der Waals surface area contributed by atoms with Crippen LogP contribution in [-0.4, -0.2) is 33.1 Å². The summed E-state index contributed by atoms with van der Waals surface area (Å²) in [4.78, 5) is 0. The lowest BCUT2D eigenvalue weighted by Gasteiger charge is -2.03. The molecule has 1 N–H and O–H groups in total. The quantitative estimate of drug-likeness (QED) is 0.584. The summed E-state index contributed by atoms with van der Waals surface area (Å²) in [5, 5.41) is 16.4. The molecule has 0 saturated heterocycles. The van der Waals surface area contributed by atoms with Crippen molar-refractivity contribution < 1.29 is 4.74 Å². The minimum atomic E-state index is 0.608. The molecule has 21 heavy (non-hydrogen) atoms. The van der Waals surface area contributed by atoms with E-state index in [0.717, 1.165) is 17.1 Å². The highest BCUT2D eigenvalue weighted by Gasteiger charge is 2.02. The number of hydrogen-bond acceptors (Lipinski definition) is 6. The van der Waals surface area contributed by atoms with Crippen LogP contribution in [0.15, 0.2) is 41.5 Å². The molecule has 0 radical (unpaired) electrons. The van der Waals surface area contributed by atoms with E-state index in [1.165, 1.54) is 0 Å². The molecule has 0 spiro atoms. The first-order valence-corrected chi connectivity index (χ1v) is 6.39. The Bertz CT molecular complexity index is 795. The average Bonchev–Trinajstić information content (AvgIpc) is 2.89. The van der Waals surface area contributed by atoms with Gasteiger partial charge in [0.15, 0.2) is 17.3 Å². The summed E-state index contributed by atoms with van der Waals surface area (Å²) in [7, 11) is 1.63. The predicted molar refractivity (Wildman–Crippen MR) is 79.7 cm³/mol. The number of benzene rings is 1. The second-order valence-corrected chi connectivity index (χ2v) is 4.35. The third kappa shape index (κ3) is 2.66. The van der Waals surface area contributed by atoms with Gasteiger partial charge in [0, 0.05) is 5.56 Å². The van der Waals surface area contributed by atoms with Gasteiger partial charge >= 0.3 is 0 Å². The van der Waals surface area contributed by atoms with Crippen LogP contribution in [0.1, 0.15) is 11.4 Å². The van der Waals surface area contributed by atoms with Gasteiger partial charge in [0.25, 0.3) is 0 Å². The van der Waals surface area contributed by atoms with Gasteiger partial charge in [-0.2, -0.15) is 9.62 Å². The number of hydrazone groups is 1. The Labute approximate surface area is 121 Å². The van der Waals surface area contributed by atoms with Gasteiger partial charge in [-0.3, -0.25) is 5.43 Å². The van der Waals surface area contributed by atoms with E-state index in [9.17, 15) is 0 Å². The summed E-state index contributed by atoms with van der Waals surface area (Å²) < 4.78 is 6.91. The van der Waals surface area contributed by atoms with E-state index < -0.39 is 0 Å². The Morgan fingerprint density at radius 3 is 2.90 bits per heavy atom. The molecule has 7 heteroatoms. The average molecular weight is 282 g/mol. The van der Waals surface area contributed by atoms with Crippen molar-refractivity contribution in [2.45, 2.75) is 6.92 Å². The van der Waals surface area contributed by atoms with Crippen molar-refractivity contribution in [3.8, 4) is 5.75 Å². The fourth-order valence-electron chi connectivity index (χ4n) is 1.90. The lowest BCUT2D eigenvalue weighted by atomic mass is 10.2. The lowest BCUT2D eigenvalue weighted by Crippen LogP contribution is -2.00. The van der Waals surface area contributed by atoms with Crippen LogP contribution in [0.25, 0.3) is 5.65 Å². The number of nitrogens with zero attached hydrogens (tertiary/aromatic N) is 5. The summed E-state index contributed by atoms with van der Waals surface area (Å²) in [6.45, 7) is 1.84. The van der Waals surface area contributed by atoms with Crippen molar-refractivity contribution in [3.05, 3.63) is 47.8 Å². The van der Waals surface area contributed by atoms with E-state index in [1.54, 1.807) is 23.9 Å². The standard InChI is InChI=1S/C14H14N6O/c1-10-16-18-14-8-7-13(19-20(10)14)17-15-9-11-5-3-4-6-12(11)21-2/h3-9H,1-2H3,(H,17,19). The smallest absolute Gasteiger partial charge is 0.178 e. The van der Waals surface area contributed by atoms with E-state index in [0.29, 0.717) is 11.5 Å². The molecule has 2 heterocycles. The van der Waals surface area contributed by atoms with Crippen LogP contribution in [-0.2, 0) is 0 Å². The van der Waals surface area contributed by atoms with E-state index in [4.69, 9.17) is 4.74 Å². The Hall–Kier alpha value is -2.96. The molecule has 0 aliphatic rings. The SMILES string of the molecule is COc1ccccc1C=NNc1ccc2nnc(C)n2n1. The highest BCUT2D eigenvalue weighted by Crippen LogP contribution is 2.14. The van der Waals surface area contributed by atoms with Gasteiger partial charge in [-0.15, -0.1) is 15.3 Å². The van der Waals surface area contributed by atoms with E-state index in [-0.39, 0.29) is 0 Å². The molecule has 0 atom stereocenters. The van der Waals surface area contributed by atoms with E-state index >= 15 is 0 Å². The number of ether oxygens (including phenoxy) is 1. The number of anilines is 1. The maximum absolute atomic E-state index is 5.26. The summed E-state index contributed by atoms with van der Waals surface area (Å²) in [5.74, 6) is 2.10.